The fourth-order valence-corrected chi connectivity index (χ4v) is 2.73. The van der Waals surface area contributed by atoms with Crippen LogP contribution >= 0.6 is 11.6 Å². The van der Waals surface area contributed by atoms with Crippen molar-refractivity contribution in [2.24, 2.45) is 10.3 Å². The second-order valence-electron chi connectivity index (χ2n) is 7.02. The number of nitrogens with two attached hydrogens (primary N) is 2. The normalized spacial score (nSPS) is 11.9. The Balaban J connectivity index is 2.47. The van der Waals surface area contributed by atoms with Crippen LogP contribution in [0, 0.1) is 0 Å². The Morgan fingerprint density at radius 3 is 2.52 bits per heavy atom. The Labute approximate surface area is 164 Å². The molecular formula is C18H26ClN7O. The minimum Gasteiger partial charge on any atom is -0.394 e. The molecule has 2 aromatic rings. The molecule has 27 heavy (non-hydrogen) atoms. The maximum Gasteiger partial charge on any atom is 0.222 e. The van der Waals surface area contributed by atoms with E-state index in [2.05, 4.69) is 20.3 Å². The van der Waals surface area contributed by atoms with Crippen molar-refractivity contribution in [3.8, 4) is 11.1 Å². The third-order valence-corrected chi connectivity index (χ3v) is 4.27. The highest BCUT2D eigenvalue weighted by molar-refractivity contribution is 6.33. The van der Waals surface area contributed by atoms with Gasteiger partial charge in [0.25, 0.3) is 0 Å². The van der Waals surface area contributed by atoms with Crippen molar-refractivity contribution < 1.29 is 5.11 Å². The molecule has 1 heterocycles. The number of β-amino-alcohol motifs (C(OH)–C–C–N with tert-alkyl or cyclic N) is 1. The minimum atomic E-state index is -0.291. The van der Waals surface area contributed by atoms with Gasteiger partial charge in [0.15, 0.2) is 0 Å². The molecule has 9 heteroatoms. The average molecular weight is 392 g/mol. The quantitative estimate of drug-likeness (QED) is 0.510. The molecule has 0 radical (unpaired) electrons. The molecule has 0 saturated heterocycles. The molecule has 146 valence electrons. The van der Waals surface area contributed by atoms with Crippen LogP contribution in [0.1, 0.15) is 33.4 Å². The number of aryl methyl sites for hydroxylation is 1. The van der Waals surface area contributed by atoms with Gasteiger partial charge in [0.05, 0.1) is 29.4 Å². The van der Waals surface area contributed by atoms with Crippen LogP contribution in [-0.4, -0.2) is 38.8 Å². The zero-order chi connectivity index (χ0) is 20.2. The molecule has 8 nitrogen and oxygen atoms in total. The number of aliphatic hydroxyl groups excluding tert-OH is 1. The molecule has 0 amide bonds. The second-order valence-corrected chi connectivity index (χ2v) is 7.42. The summed E-state index contributed by atoms with van der Waals surface area (Å²) in [6.07, 6.45) is 0.653. The van der Waals surface area contributed by atoms with E-state index in [1.54, 1.807) is 17.1 Å². The number of aromatic nitrogens is 2. The van der Waals surface area contributed by atoms with Gasteiger partial charge >= 0.3 is 0 Å². The summed E-state index contributed by atoms with van der Waals surface area (Å²) >= 11 is 6.29. The molecule has 1 aromatic carbocycles. The van der Waals surface area contributed by atoms with Gasteiger partial charge in [0.2, 0.25) is 5.95 Å². The fraction of sp³-hybridized carbons (Fsp3) is 0.444. The van der Waals surface area contributed by atoms with E-state index in [1.807, 2.05) is 33.8 Å². The zero-order valence-corrected chi connectivity index (χ0v) is 16.8. The Morgan fingerprint density at radius 2 is 1.93 bits per heavy atom. The lowest BCUT2D eigenvalue weighted by molar-refractivity contribution is 0.101. The highest BCUT2D eigenvalue weighted by Gasteiger charge is 2.20. The van der Waals surface area contributed by atoms with Crippen molar-refractivity contribution in [2.75, 3.05) is 24.6 Å². The van der Waals surface area contributed by atoms with E-state index < -0.39 is 0 Å². The van der Waals surface area contributed by atoms with Gasteiger partial charge in [0, 0.05) is 5.56 Å². The predicted molar refractivity (Wildman–Crippen MR) is 109 cm³/mol. The summed E-state index contributed by atoms with van der Waals surface area (Å²) in [5.41, 5.74) is 14.2. The van der Waals surface area contributed by atoms with Crippen LogP contribution in [0.4, 0.5) is 17.5 Å². The van der Waals surface area contributed by atoms with Crippen LogP contribution in [0.3, 0.4) is 0 Å². The van der Waals surface area contributed by atoms with E-state index in [0.717, 1.165) is 11.3 Å². The van der Waals surface area contributed by atoms with Gasteiger partial charge in [-0.1, -0.05) is 29.8 Å². The lowest BCUT2D eigenvalue weighted by Crippen LogP contribution is -2.38. The van der Waals surface area contributed by atoms with Gasteiger partial charge in [-0.25, -0.2) is 4.98 Å². The largest absolute Gasteiger partial charge is 0.394 e. The van der Waals surface area contributed by atoms with Gasteiger partial charge in [0.1, 0.15) is 11.5 Å². The molecule has 0 aliphatic rings. The molecule has 0 unspecified atom stereocenters. The molecule has 1 aromatic heterocycles. The number of rotatable bonds is 6. The monoisotopic (exact) mass is 391 g/mol. The van der Waals surface area contributed by atoms with E-state index in [1.165, 1.54) is 0 Å². The number of anilines is 2. The highest BCUT2D eigenvalue weighted by atomic mass is 35.5. The molecule has 0 saturated carbocycles. The van der Waals surface area contributed by atoms with E-state index in [9.17, 15) is 5.11 Å². The molecule has 0 aliphatic heterocycles. The maximum atomic E-state index is 9.25. The van der Waals surface area contributed by atoms with Crippen molar-refractivity contribution in [1.82, 2.24) is 15.0 Å². The topological polar surface area (TPSA) is 126 Å². The fourth-order valence-electron chi connectivity index (χ4n) is 2.57. The Hall–Kier alpha value is -2.45. The molecule has 0 fully saturated rings. The molecule has 5 N–H and O–H groups in total. The number of halogens is 1. The van der Waals surface area contributed by atoms with Crippen LogP contribution in [0.15, 0.2) is 28.5 Å². The molecule has 0 bridgehead atoms. The lowest BCUT2D eigenvalue weighted by atomic mass is 10.0. The molecule has 0 atom stereocenters. The predicted octanol–water partition coefficient (Wildman–Crippen LogP) is 3.62. The Kier molecular flexibility index (Phi) is 6.56. The smallest absolute Gasteiger partial charge is 0.222 e. The van der Waals surface area contributed by atoms with Gasteiger partial charge in [-0.05, 0) is 44.9 Å². The first kappa shape index (κ1) is 20.9. The summed E-state index contributed by atoms with van der Waals surface area (Å²) in [5.74, 6) is 0.452. The Morgan fingerprint density at radius 1 is 1.22 bits per heavy atom. The lowest BCUT2D eigenvalue weighted by Gasteiger charge is -2.31. The third-order valence-electron chi connectivity index (χ3n) is 3.95. The minimum absolute atomic E-state index is 0.0246. The summed E-state index contributed by atoms with van der Waals surface area (Å²) in [5, 5.41) is 19.9. The van der Waals surface area contributed by atoms with Crippen molar-refractivity contribution in [1.29, 1.82) is 0 Å². The molecule has 0 aliphatic carbocycles. The number of hydrogen-bond donors (Lipinski definition) is 3. The van der Waals surface area contributed by atoms with Crippen LogP contribution in [0.25, 0.3) is 11.1 Å². The van der Waals surface area contributed by atoms with Crippen LogP contribution in [0.5, 0.6) is 0 Å². The van der Waals surface area contributed by atoms with E-state index >= 15 is 0 Å². The van der Waals surface area contributed by atoms with Crippen molar-refractivity contribution in [3.05, 3.63) is 28.9 Å². The maximum absolute atomic E-state index is 9.25. The zero-order valence-electron chi connectivity index (χ0n) is 16.1. The average Bonchev–Trinajstić information content (AvgIpc) is 2.58. The van der Waals surface area contributed by atoms with E-state index in [-0.39, 0.29) is 18.1 Å². The summed E-state index contributed by atoms with van der Waals surface area (Å²) in [6.45, 7) is 8.27. The van der Waals surface area contributed by atoms with Crippen LogP contribution in [-0.2, 0) is 6.42 Å². The second kappa shape index (κ2) is 8.49. The SMILES string of the molecule is CCc1nc(N)nc(N)c1-c1ccc(Cl)c(/N=N/N(CCO)C(C)(C)C)c1. The summed E-state index contributed by atoms with van der Waals surface area (Å²) in [6, 6.07) is 5.35. The standard InChI is InChI=1S/C18H26ClN7O/c1-5-13-15(16(20)23-17(21)22-13)11-6-7-12(19)14(10-11)24-25-26(8-9-27)18(2,3)4/h6-7,10,27H,5,8-9H2,1-4H3,(H4,20,21,22,23)/b25-24+. The number of aliphatic hydroxyl groups is 1. The van der Waals surface area contributed by atoms with Crippen LogP contribution < -0.4 is 11.5 Å². The first-order valence-corrected chi connectivity index (χ1v) is 9.07. The molecule has 2 rings (SSSR count). The number of hydrogen-bond acceptors (Lipinski definition) is 7. The van der Waals surface area contributed by atoms with Gasteiger partial charge in [-0.3, -0.25) is 5.01 Å². The first-order chi connectivity index (χ1) is 12.7. The van der Waals surface area contributed by atoms with Crippen molar-refractivity contribution >= 4 is 29.1 Å². The van der Waals surface area contributed by atoms with Crippen molar-refractivity contribution in [2.45, 2.75) is 39.7 Å². The summed E-state index contributed by atoms with van der Waals surface area (Å²) in [4.78, 5) is 8.34. The van der Waals surface area contributed by atoms with Gasteiger partial charge in [-0.2, -0.15) is 4.98 Å². The number of benzene rings is 1. The first-order valence-electron chi connectivity index (χ1n) is 8.69. The van der Waals surface area contributed by atoms with Gasteiger partial charge in [-0.15, -0.1) is 5.11 Å². The van der Waals surface area contributed by atoms with Crippen LogP contribution in [0.2, 0.25) is 5.02 Å². The molecule has 0 spiro atoms. The number of nitrogen functional groups attached to an aromatic ring is 2. The third kappa shape index (κ3) is 5.05. The van der Waals surface area contributed by atoms with E-state index in [0.29, 0.717) is 35.1 Å². The number of nitrogens with zero attached hydrogens (tertiary/aromatic N) is 5. The highest BCUT2D eigenvalue weighted by Crippen LogP contribution is 2.35. The Bertz CT molecular complexity index is 833. The van der Waals surface area contributed by atoms with E-state index in [4.69, 9.17) is 23.1 Å². The van der Waals surface area contributed by atoms with Crippen molar-refractivity contribution in [3.63, 3.8) is 0 Å². The summed E-state index contributed by atoms with van der Waals surface area (Å²) in [7, 11) is 0. The van der Waals surface area contributed by atoms with Gasteiger partial charge < -0.3 is 16.6 Å². The molecular weight excluding hydrogens is 366 g/mol. The summed E-state index contributed by atoms with van der Waals surface area (Å²) < 4.78 is 0.